The van der Waals surface area contributed by atoms with Gasteiger partial charge in [-0.05, 0) is 43.2 Å². The number of ether oxygens (including phenoxy) is 2. The zero-order chi connectivity index (χ0) is 22.4. The van der Waals surface area contributed by atoms with Crippen LogP contribution in [0.15, 0.2) is 48.7 Å². The molecule has 1 aromatic heterocycles. The number of H-pyrrole nitrogens is 1. The van der Waals surface area contributed by atoms with Crippen molar-refractivity contribution < 1.29 is 19.1 Å². The molecule has 2 atom stereocenters. The Labute approximate surface area is 182 Å². The summed E-state index contributed by atoms with van der Waals surface area (Å²) < 4.78 is 11.0. The van der Waals surface area contributed by atoms with Crippen molar-refractivity contribution in [3.8, 4) is 11.5 Å². The molecule has 31 heavy (non-hydrogen) atoms. The summed E-state index contributed by atoms with van der Waals surface area (Å²) >= 11 is 0. The minimum absolute atomic E-state index is 0.249. The molecule has 0 radical (unpaired) electrons. The van der Waals surface area contributed by atoms with E-state index in [0.717, 1.165) is 22.0 Å². The Kier molecular flexibility index (Phi) is 7.18. The van der Waals surface area contributed by atoms with Crippen molar-refractivity contribution >= 4 is 22.7 Å². The van der Waals surface area contributed by atoms with E-state index in [4.69, 9.17) is 9.47 Å². The first kappa shape index (κ1) is 22.2. The van der Waals surface area contributed by atoms with Gasteiger partial charge in [0.05, 0.1) is 19.8 Å². The van der Waals surface area contributed by atoms with Gasteiger partial charge in [-0.25, -0.2) is 0 Å². The zero-order valence-corrected chi connectivity index (χ0v) is 18.3. The Balaban J connectivity index is 1.76. The van der Waals surface area contributed by atoms with Crippen molar-refractivity contribution in [1.82, 2.24) is 15.6 Å². The topological polar surface area (TPSA) is 92.5 Å². The van der Waals surface area contributed by atoms with E-state index >= 15 is 0 Å². The average molecular weight is 424 g/mol. The van der Waals surface area contributed by atoms with E-state index in [1.807, 2.05) is 62.5 Å². The lowest BCUT2D eigenvalue weighted by molar-refractivity contribution is -0.128. The van der Waals surface area contributed by atoms with Gasteiger partial charge in [-0.3, -0.25) is 9.59 Å². The molecule has 2 aromatic carbocycles. The lowest BCUT2D eigenvalue weighted by atomic mass is 10.0. The summed E-state index contributed by atoms with van der Waals surface area (Å²) in [5, 5.41) is 6.82. The van der Waals surface area contributed by atoms with Gasteiger partial charge in [0.2, 0.25) is 11.8 Å². The molecule has 3 aromatic rings. The maximum absolute atomic E-state index is 13.1. The summed E-state index contributed by atoms with van der Waals surface area (Å²) in [5.41, 5.74) is 2.84. The van der Waals surface area contributed by atoms with E-state index in [2.05, 4.69) is 15.6 Å². The van der Waals surface area contributed by atoms with Gasteiger partial charge in [0, 0.05) is 30.4 Å². The Morgan fingerprint density at radius 2 is 1.87 bits per heavy atom. The van der Waals surface area contributed by atoms with E-state index in [0.29, 0.717) is 24.5 Å². The maximum Gasteiger partial charge on any atom is 0.243 e. The first-order valence-corrected chi connectivity index (χ1v) is 10.4. The monoisotopic (exact) mass is 423 g/mol. The predicted molar refractivity (Wildman–Crippen MR) is 120 cm³/mol. The molecule has 2 unspecified atom stereocenters. The number of fused-ring (bicyclic) bond motifs is 1. The molecule has 0 fully saturated rings. The highest BCUT2D eigenvalue weighted by atomic mass is 16.5. The summed E-state index contributed by atoms with van der Waals surface area (Å²) in [7, 11) is 1.58. The Morgan fingerprint density at radius 1 is 1.10 bits per heavy atom. The number of para-hydroxylation sites is 1. The van der Waals surface area contributed by atoms with E-state index < -0.39 is 6.04 Å². The average Bonchev–Trinajstić information content (AvgIpc) is 3.16. The molecular formula is C24H29N3O4. The molecule has 164 valence electrons. The molecule has 0 saturated heterocycles. The van der Waals surface area contributed by atoms with E-state index in [9.17, 15) is 9.59 Å². The van der Waals surface area contributed by atoms with Crippen LogP contribution in [0, 0.1) is 0 Å². The number of aromatic nitrogens is 1. The number of carbonyl (C=O) groups is 2. The standard InChI is InChI=1S/C24H29N3O4/c1-5-31-22-11-10-17(13-23(22)30-4)15(2)26-24(29)21(27-16(3)28)12-18-14-25-20-9-7-6-8-19(18)20/h6-11,13-15,21,25H,5,12H2,1-4H3,(H,26,29)(H,27,28). The highest BCUT2D eigenvalue weighted by Gasteiger charge is 2.23. The number of rotatable bonds is 9. The highest BCUT2D eigenvalue weighted by Crippen LogP contribution is 2.30. The first-order valence-electron chi connectivity index (χ1n) is 10.4. The van der Waals surface area contributed by atoms with Crippen molar-refractivity contribution in [3.05, 3.63) is 59.8 Å². The predicted octanol–water partition coefficient (Wildman–Crippen LogP) is 3.50. The highest BCUT2D eigenvalue weighted by molar-refractivity contribution is 5.89. The molecule has 0 aliphatic carbocycles. The molecular weight excluding hydrogens is 394 g/mol. The fraction of sp³-hybridized carbons (Fsp3) is 0.333. The van der Waals surface area contributed by atoms with Gasteiger partial charge in [-0.2, -0.15) is 0 Å². The van der Waals surface area contributed by atoms with E-state index in [1.54, 1.807) is 7.11 Å². The molecule has 7 heteroatoms. The second-order valence-corrected chi connectivity index (χ2v) is 7.39. The van der Waals surface area contributed by atoms with Crippen molar-refractivity contribution in [2.75, 3.05) is 13.7 Å². The third-order valence-electron chi connectivity index (χ3n) is 5.14. The van der Waals surface area contributed by atoms with Crippen LogP contribution in [-0.2, 0) is 16.0 Å². The molecule has 0 bridgehead atoms. The number of hydrogen-bond donors (Lipinski definition) is 3. The van der Waals surface area contributed by atoms with Crippen molar-refractivity contribution in [2.45, 2.75) is 39.3 Å². The van der Waals surface area contributed by atoms with Crippen LogP contribution in [0.1, 0.15) is 37.9 Å². The Hall–Kier alpha value is -3.48. The number of aromatic amines is 1. The smallest absolute Gasteiger partial charge is 0.243 e. The third-order valence-corrected chi connectivity index (χ3v) is 5.14. The summed E-state index contributed by atoms with van der Waals surface area (Å²) in [6, 6.07) is 12.5. The van der Waals surface area contributed by atoms with Crippen LogP contribution >= 0.6 is 0 Å². The first-order chi connectivity index (χ1) is 14.9. The molecule has 0 spiro atoms. The largest absolute Gasteiger partial charge is 0.493 e. The molecule has 0 aliphatic rings. The second kappa shape index (κ2) is 10.0. The fourth-order valence-electron chi connectivity index (χ4n) is 3.60. The molecule has 1 heterocycles. The number of nitrogens with one attached hydrogen (secondary N) is 3. The number of amides is 2. The molecule has 0 saturated carbocycles. The SMILES string of the molecule is CCOc1ccc(C(C)NC(=O)C(Cc2c[nH]c3ccccc23)NC(C)=O)cc1OC. The van der Waals surface area contributed by atoms with Crippen molar-refractivity contribution in [3.63, 3.8) is 0 Å². The van der Waals surface area contributed by atoms with Crippen LogP contribution in [0.4, 0.5) is 0 Å². The Morgan fingerprint density at radius 3 is 2.58 bits per heavy atom. The zero-order valence-electron chi connectivity index (χ0n) is 18.3. The molecule has 3 N–H and O–H groups in total. The number of carbonyl (C=O) groups excluding carboxylic acids is 2. The second-order valence-electron chi connectivity index (χ2n) is 7.39. The van der Waals surface area contributed by atoms with Crippen molar-refractivity contribution in [1.29, 1.82) is 0 Å². The molecule has 7 nitrogen and oxygen atoms in total. The summed E-state index contributed by atoms with van der Waals surface area (Å²) in [4.78, 5) is 28.0. The number of hydrogen-bond acceptors (Lipinski definition) is 4. The van der Waals surface area contributed by atoms with Gasteiger partial charge < -0.3 is 25.1 Å². The maximum atomic E-state index is 13.1. The van der Waals surface area contributed by atoms with Crippen LogP contribution in [-0.4, -0.2) is 36.6 Å². The lowest BCUT2D eigenvalue weighted by Gasteiger charge is -2.22. The number of methoxy groups -OCH3 is 1. The van der Waals surface area contributed by atoms with Gasteiger partial charge in [-0.15, -0.1) is 0 Å². The van der Waals surface area contributed by atoms with Crippen LogP contribution in [0.2, 0.25) is 0 Å². The van der Waals surface area contributed by atoms with Gasteiger partial charge >= 0.3 is 0 Å². The van der Waals surface area contributed by atoms with Gasteiger partial charge in [0.25, 0.3) is 0 Å². The molecule has 2 amide bonds. The minimum atomic E-state index is -0.691. The number of benzene rings is 2. The molecule has 0 aliphatic heterocycles. The van der Waals surface area contributed by atoms with Gasteiger partial charge in [-0.1, -0.05) is 24.3 Å². The normalized spacial score (nSPS) is 12.8. The molecule has 3 rings (SSSR count). The summed E-state index contributed by atoms with van der Waals surface area (Å²) in [6.45, 7) is 5.75. The minimum Gasteiger partial charge on any atom is -0.493 e. The summed E-state index contributed by atoms with van der Waals surface area (Å²) in [5.74, 6) is 0.761. The van der Waals surface area contributed by atoms with Gasteiger partial charge in [0.1, 0.15) is 6.04 Å². The summed E-state index contributed by atoms with van der Waals surface area (Å²) in [6.07, 6.45) is 2.27. The van der Waals surface area contributed by atoms with Crippen molar-refractivity contribution in [2.24, 2.45) is 0 Å². The Bertz CT molecular complexity index is 1060. The van der Waals surface area contributed by atoms with Crippen LogP contribution in [0.25, 0.3) is 10.9 Å². The van der Waals surface area contributed by atoms with Gasteiger partial charge in [0.15, 0.2) is 11.5 Å². The van der Waals surface area contributed by atoms with E-state index in [1.165, 1.54) is 6.92 Å². The van der Waals surface area contributed by atoms with Crippen LogP contribution in [0.3, 0.4) is 0 Å². The quantitative estimate of drug-likeness (QED) is 0.491. The van der Waals surface area contributed by atoms with E-state index in [-0.39, 0.29) is 17.9 Å². The van der Waals surface area contributed by atoms with Crippen LogP contribution < -0.4 is 20.1 Å². The fourth-order valence-corrected chi connectivity index (χ4v) is 3.60. The third kappa shape index (κ3) is 5.36. The lowest BCUT2D eigenvalue weighted by Crippen LogP contribution is -2.47. The van der Waals surface area contributed by atoms with Crippen LogP contribution in [0.5, 0.6) is 11.5 Å².